The summed E-state index contributed by atoms with van der Waals surface area (Å²) >= 11 is 1.29. The van der Waals surface area contributed by atoms with Crippen LogP contribution >= 0.6 is 11.8 Å². The number of hydrogen-bond donors (Lipinski definition) is 1. The highest BCUT2D eigenvalue weighted by Gasteiger charge is 2.09. The molecule has 0 fully saturated rings. The number of aryl methyl sites for hydroxylation is 3. The Kier molecular flexibility index (Phi) is 5.86. The number of carbonyl (C=O) groups excluding carboxylic acids is 1. The standard InChI is InChI=1S/C21H20FN3OS/c1-13-9-15(3)18(10-14(13)2)19-7-8-21(25-24-19)27-12-20(26)23-17-6-4-5-16(22)11-17/h4-11H,12H2,1-3H3,(H,23,26). The van der Waals surface area contributed by atoms with Gasteiger partial charge in [0.2, 0.25) is 5.91 Å². The molecule has 0 aliphatic rings. The molecule has 3 rings (SSSR count). The molecule has 3 aromatic rings. The van der Waals surface area contributed by atoms with Crippen LogP contribution in [0.5, 0.6) is 0 Å². The van der Waals surface area contributed by atoms with E-state index in [1.165, 1.54) is 35.0 Å². The molecule has 0 spiro atoms. The smallest absolute Gasteiger partial charge is 0.234 e. The molecule has 1 heterocycles. The fraction of sp³-hybridized carbons (Fsp3) is 0.190. The number of thioether (sulfide) groups is 1. The first kappa shape index (κ1) is 19.0. The predicted octanol–water partition coefficient (Wildman–Crippen LogP) is 4.94. The van der Waals surface area contributed by atoms with Crippen LogP contribution in [0.15, 0.2) is 53.6 Å². The normalized spacial score (nSPS) is 10.7. The Morgan fingerprint density at radius 3 is 2.48 bits per heavy atom. The van der Waals surface area contributed by atoms with Crippen LogP contribution < -0.4 is 5.32 Å². The molecule has 1 N–H and O–H groups in total. The van der Waals surface area contributed by atoms with Crippen molar-refractivity contribution in [1.82, 2.24) is 10.2 Å². The third-order valence-electron chi connectivity index (χ3n) is 4.22. The van der Waals surface area contributed by atoms with Crippen molar-refractivity contribution in [3.63, 3.8) is 0 Å². The van der Waals surface area contributed by atoms with Gasteiger partial charge < -0.3 is 5.32 Å². The van der Waals surface area contributed by atoms with Gasteiger partial charge >= 0.3 is 0 Å². The summed E-state index contributed by atoms with van der Waals surface area (Å²) in [5, 5.41) is 11.8. The fourth-order valence-corrected chi connectivity index (χ4v) is 3.29. The van der Waals surface area contributed by atoms with Gasteiger partial charge in [-0.15, -0.1) is 10.2 Å². The van der Waals surface area contributed by atoms with Crippen LogP contribution in [0, 0.1) is 26.6 Å². The number of amides is 1. The Balaban J connectivity index is 1.62. The topological polar surface area (TPSA) is 54.9 Å². The van der Waals surface area contributed by atoms with Crippen molar-refractivity contribution < 1.29 is 9.18 Å². The average molecular weight is 381 g/mol. The number of halogens is 1. The lowest BCUT2D eigenvalue weighted by Crippen LogP contribution is -2.14. The molecule has 0 radical (unpaired) electrons. The lowest BCUT2D eigenvalue weighted by atomic mass is 9.99. The van der Waals surface area contributed by atoms with Crippen molar-refractivity contribution in [2.45, 2.75) is 25.8 Å². The lowest BCUT2D eigenvalue weighted by Gasteiger charge is -2.09. The Labute approximate surface area is 162 Å². The third kappa shape index (κ3) is 4.92. The van der Waals surface area contributed by atoms with E-state index in [0.717, 1.165) is 16.8 Å². The van der Waals surface area contributed by atoms with E-state index < -0.39 is 0 Å². The summed E-state index contributed by atoms with van der Waals surface area (Å²) in [5.41, 5.74) is 5.93. The first-order valence-electron chi connectivity index (χ1n) is 8.52. The zero-order valence-electron chi connectivity index (χ0n) is 15.4. The first-order valence-corrected chi connectivity index (χ1v) is 9.51. The van der Waals surface area contributed by atoms with Gasteiger partial charge in [-0.2, -0.15) is 0 Å². The van der Waals surface area contributed by atoms with Gasteiger partial charge in [-0.1, -0.05) is 23.9 Å². The van der Waals surface area contributed by atoms with Crippen molar-refractivity contribution >= 4 is 23.4 Å². The summed E-state index contributed by atoms with van der Waals surface area (Å²) in [6, 6.07) is 13.8. The number of aromatic nitrogens is 2. The van der Waals surface area contributed by atoms with Crippen molar-refractivity contribution in [2.75, 3.05) is 11.1 Å². The van der Waals surface area contributed by atoms with Crippen LogP contribution in [0.25, 0.3) is 11.3 Å². The van der Waals surface area contributed by atoms with Crippen LogP contribution in [0.2, 0.25) is 0 Å². The minimum atomic E-state index is -0.386. The summed E-state index contributed by atoms with van der Waals surface area (Å²) in [5.74, 6) is -0.433. The highest BCUT2D eigenvalue weighted by atomic mass is 32.2. The SMILES string of the molecule is Cc1cc(C)c(-c2ccc(SCC(=O)Nc3cccc(F)c3)nn2)cc1C. The second-order valence-corrected chi connectivity index (χ2v) is 7.35. The second kappa shape index (κ2) is 8.31. The second-order valence-electron chi connectivity index (χ2n) is 6.36. The van der Waals surface area contributed by atoms with Gasteiger partial charge in [-0.25, -0.2) is 4.39 Å². The lowest BCUT2D eigenvalue weighted by molar-refractivity contribution is -0.113. The van der Waals surface area contributed by atoms with Crippen LogP contribution in [-0.4, -0.2) is 21.9 Å². The van der Waals surface area contributed by atoms with Crippen LogP contribution in [-0.2, 0) is 4.79 Å². The molecule has 4 nitrogen and oxygen atoms in total. The van der Waals surface area contributed by atoms with E-state index in [-0.39, 0.29) is 17.5 Å². The molecule has 6 heteroatoms. The van der Waals surface area contributed by atoms with Crippen molar-refractivity contribution in [3.05, 3.63) is 71.0 Å². The number of nitrogens with one attached hydrogen (secondary N) is 1. The predicted molar refractivity (Wildman–Crippen MR) is 107 cm³/mol. The van der Waals surface area contributed by atoms with E-state index in [9.17, 15) is 9.18 Å². The molecule has 0 aliphatic carbocycles. The monoisotopic (exact) mass is 381 g/mol. The molecule has 138 valence electrons. The summed E-state index contributed by atoms with van der Waals surface area (Å²) in [4.78, 5) is 12.0. The molecule has 27 heavy (non-hydrogen) atoms. The van der Waals surface area contributed by atoms with E-state index in [0.29, 0.717) is 10.7 Å². The minimum absolute atomic E-state index is 0.174. The maximum Gasteiger partial charge on any atom is 0.234 e. The molecule has 0 unspecified atom stereocenters. The summed E-state index contributed by atoms with van der Waals surface area (Å²) in [6.45, 7) is 6.22. The maximum atomic E-state index is 13.1. The molecule has 0 saturated heterocycles. The van der Waals surface area contributed by atoms with Crippen molar-refractivity contribution in [1.29, 1.82) is 0 Å². The molecule has 0 bridgehead atoms. The quantitative estimate of drug-likeness (QED) is 0.636. The summed E-state index contributed by atoms with van der Waals surface area (Å²) in [6.07, 6.45) is 0. The summed E-state index contributed by atoms with van der Waals surface area (Å²) in [7, 11) is 0. The van der Waals surface area contributed by atoms with Gasteiger partial charge in [0.05, 0.1) is 11.4 Å². The van der Waals surface area contributed by atoms with E-state index in [1.54, 1.807) is 12.1 Å². The largest absolute Gasteiger partial charge is 0.325 e. The van der Waals surface area contributed by atoms with Crippen LogP contribution in [0.4, 0.5) is 10.1 Å². The first-order chi connectivity index (χ1) is 12.9. The van der Waals surface area contributed by atoms with Crippen LogP contribution in [0.3, 0.4) is 0 Å². The molecule has 1 aromatic heterocycles. The van der Waals surface area contributed by atoms with E-state index in [1.807, 2.05) is 12.1 Å². The van der Waals surface area contributed by atoms with E-state index in [4.69, 9.17) is 0 Å². The van der Waals surface area contributed by atoms with Gasteiger partial charge in [-0.3, -0.25) is 4.79 Å². The number of anilines is 1. The molecule has 2 aromatic carbocycles. The van der Waals surface area contributed by atoms with Gasteiger partial charge in [0, 0.05) is 11.3 Å². The Morgan fingerprint density at radius 1 is 1.00 bits per heavy atom. The Bertz CT molecular complexity index is 974. The summed E-state index contributed by atoms with van der Waals surface area (Å²) < 4.78 is 13.1. The number of nitrogens with zero attached hydrogens (tertiary/aromatic N) is 2. The highest BCUT2D eigenvalue weighted by molar-refractivity contribution is 7.99. The van der Waals surface area contributed by atoms with Gasteiger partial charge in [0.15, 0.2) is 0 Å². The van der Waals surface area contributed by atoms with Crippen LogP contribution in [0.1, 0.15) is 16.7 Å². The molecule has 0 aliphatic heterocycles. The third-order valence-corrected chi connectivity index (χ3v) is 5.14. The highest BCUT2D eigenvalue weighted by Crippen LogP contribution is 2.25. The number of benzene rings is 2. The minimum Gasteiger partial charge on any atom is -0.325 e. The molecular formula is C21H20FN3OS. The van der Waals surface area contributed by atoms with Crippen molar-refractivity contribution in [3.8, 4) is 11.3 Å². The maximum absolute atomic E-state index is 13.1. The molecule has 1 amide bonds. The van der Waals surface area contributed by atoms with E-state index in [2.05, 4.69) is 48.4 Å². The Hall–Kier alpha value is -2.73. The van der Waals surface area contributed by atoms with Gasteiger partial charge in [-0.05, 0) is 73.9 Å². The zero-order valence-corrected chi connectivity index (χ0v) is 16.2. The number of rotatable bonds is 5. The zero-order chi connectivity index (χ0) is 19.4. The van der Waals surface area contributed by atoms with E-state index >= 15 is 0 Å². The number of hydrogen-bond acceptors (Lipinski definition) is 4. The van der Waals surface area contributed by atoms with Gasteiger partial charge in [0.25, 0.3) is 0 Å². The molecule has 0 atom stereocenters. The van der Waals surface area contributed by atoms with Gasteiger partial charge in [0.1, 0.15) is 10.8 Å². The fourth-order valence-electron chi connectivity index (χ4n) is 2.68. The Morgan fingerprint density at radius 2 is 1.78 bits per heavy atom. The average Bonchev–Trinajstić information content (AvgIpc) is 2.63. The molecular weight excluding hydrogens is 361 g/mol. The van der Waals surface area contributed by atoms with Crippen molar-refractivity contribution in [2.24, 2.45) is 0 Å². The number of carbonyl (C=O) groups is 1. The molecule has 0 saturated carbocycles.